The molecule has 100 valence electrons. The molecular formula is C14H18F2O2. The van der Waals surface area contributed by atoms with Gasteiger partial charge >= 0.3 is 0 Å². The second kappa shape index (κ2) is 6.25. The number of benzene rings is 1. The van der Waals surface area contributed by atoms with Crippen LogP contribution in [0.5, 0.6) is 0 Å². The SMILES string of the molecule is FC1(F)CC[C@@H](COCOCc2ccccc2)C1. The van der Waals surface area contributed by atoms with Crippen LogP contribution in [0.15, 0.2) is 30.3 Å². The van der Waals surface area contributed by atoms with Crippen LogP contribution in [0, 0.1) is 5.92 Å². The fourth-order valence-corrected chi connectivity index (χ4v) is 2.19. The molecule has 0 aliphatic heterocycles. The number of alkyl halides is 2. The van der Waals surface area contributed by atoms with Crippen molar-refractivity contribution in [3.05, 3.63) is 35.9 Å². The quantitative estimate of drug-likeness (QED) is 0.571. The smallest absolute Gasteiger partial charge is 0.248 e. The van der Waals surface area contributed by atoms with Crippen LogP contribution in [0.25, 0.3) is 0 Å². The van der Waals surface area contributed by atoms with E-state index in [-0.39, 0.29) is 25.6 Å². The molecule has 18 heavy (non-hydrogen) atoms. The van der Waals surface area contributed by atoms with Gasteiger partial charge in [-0.25, -0.2) is 8.78 Å². The van der Waals surface area contributed by atoms with Gasteiger partial charge in [0.05, 0.1) is 13.2 Å². The molecule has 0 bridgehead atoms. The molecule has 2 nitrogen and oxygen atoms in total. The molecule has 1 fully saturated rings. The first-order valence-corrected chi connectivity index (χ1v) is 6.23. The Kier molecular flexibility index (Phi) is 4.66. The maximum atomic E-state index is 12.9. The van der Waals surface area contributed by atoms with Crippen molar-refractivity contribution in [1.82, 2.24) is 0 Å². The number of hydrogen-bond acceptors (Lipinski definition) is 2. The topological polar surface area (TPSA) is 18.5 Å². The second-order valence-corrected chi connectivity index (χ2v) is 4.79. The summed E-state index contributed by atoms with van der Waals surface area (Å²) in [7, 11) is 0. The highest BCUT2D eigenvalue weighted by Gasteiger charge is 2.39. The lowest BCUT2D eigenvalue weighted by Crippen LogP contribution is -2.13. The highest BCUT2D eigenvalue weighted by atomic mass is 19.3. The van der Waals surface area contributed by atoms with Gasteiger partial charge in [-0.1, -0.05) is 30.3 Å². The van der Waals surface area contributed by atoms with Crippen molar-refractivity contribution in [2.24, 2.45) is 5.92 Å². The minimum atomic E-state index is -2.49. The molecule has 1 aliphatic carbocycles. The van der Waals surface area contributed by atoms with E-state index in [0.29, 0.717) is 19.6 Å². The molecule has 0 unspecified atom stereocenters. The molecule has 0 N–H and O–H groups in total. The first kappa shape index (κ1) is 13.4. The summed E-state index contributed by atoms with van der Waals surface area (Å²) >= 11 is 0. The second-order valence-electron chi connectivity index (χ2n) is 4.79. The lowest BCUT2D eigenvalue weighted by atomic mass is 10.1. The van der Waals surface area contributed by atoms with Crippen LogP contribution in [0.2, 0.25) is 0 Å². The molecule has 0 amide bonds. The average molecular weight is 256 g/mol. The van der Waals surface area contributed by atoms with E-state index in [0.717, 1.165) is 5.56 Å². The Morgan fingerprint density at radius 3 is 2.61 bits per heavy atom. The van der Waals surface area contributed by atoms with Gasteiger partial charge in [0.15, 0.2) is 0 Å². The molecule has 0 aromatic heterocycles. The minimum Gasteiger partial charge on any atom is -0.355 e. The molecule has 1 aromatic rings. The maximum absolute atomic E-state index is 12.9. The Morgan fingerprint density at radius 2 is 1.94 bits per heavy atom. The summed E-state index contributed by atoms with van der Waals surface area (Å²) in [6.45, 7) is 1.02. The standard InChI is InChI=1S/C14H18F2O2/c15-14(16)7-6-13(8-14)10-18-11-17-9-12-4-2-1-3-5-12/h1-5,13H,6-11H2/t13-/m1/s1. The van der Waals surface area contributed by atoms with Crippen LogP contribution >= 0.6 is 0 Å². The molecule has 1 aliphatic rings. The summed E-state index contributed by atoms with van der Waals surface area (Å²) < 4.78 is 36.4. The van der Waals surface area contributed by atoms with Crippen molar-refractivity contribution >= 4 is 0 Å². The van der Waals surface area contributed by atoms with Gasteiger partial charge in [-0.2, -0.15) is 0 Å². The third-order valence-electron chi connectivity index (χ3n) is 3.14. The van der Waals surface area contributed by atoms with Crippen molar-refractivity contribution in [3.63, 3.8) is 0 Å². The summed E-state index contributed by atoms with van der Waals surface area (Å²) in [5, 5.41) is 0. The van der Waals surface area contributed by atoms with Gasteiger partial charge < -0.3 is 9.47 Å². The zero-order valence-electron chi connectivity index (χ0n) is 10.3. The third kappa shape index (κ3) is 4.35. The lowest BCUT2D eigenvalue weighted by molar-refractivity contribution is -0.0750. The predicted octanol–water partition coefficient (Wildman–Crippen LogP) is 3.61. The molecule has 1 aromatic carbocycles. The Bertz CT molecular complexity index is 354. The maximum Gasteiger partial charge on any atom is 0.248 e. The van der Waals surface area contributed by atoms with Crippen LogP contribution in [-0.4, -0.2) is 19.3 Å². The van der Waals surface area contributed by atoms with E-state index in [2.05, 4.69) is 0 Å². The Hall–Kier alpha value is -1.00. The van der Waals surface area contributed by atoms with E-state index in [1.165, 1.54) is 0 Å². The van der Waals surface area contributed by atoms with Gasteiger partial charge in [-0.15, -0.1) is 0 Å². The first-order chi connectivity index (χ1) is 8.66. The van der Waals surface area contributed by atoms with E-state index in [1.54, 1.807) is 0 Å². The van der Waals surface area contributed by atoms with Crippen molar-refractivity contribution in [1.29, 1.82) is 0 Å². The zero-order chi connectivity index (χ0) is 12.8. The number of hydrogen-bond donors (Lipinski definition) is 0. The van der Waals surface area contributed by atoms with Crippen LogP contribution in [-0.2, 0) is 16.1 Å². The Morgan fingerprint density at radius 1 is 1.17 bits per heavy atom. The molecule has 0 saturated heterocycles. The number of halogens is 2. The monoisotopic (exact) mass is 256 g/mol. The Balaban J connectivity index is 1.54. The van der Waals surface area contributed by atoms with Gasteiger partial charge in [-0.3, -0.25) is 0 Å². The fraction of sp³-hybridized carbons (Fsp3) is 0.571. The molecule has 2 rings (SSSR count). The zero-order valence-corrected chi connectivity index (χ0v) is 10.3. The van der Waals surface area contributed by atoms with Gasteiger partial charge in [0.1, 0.15) is 6.79 Å². The molecule has 4 heteroatoms. The number of ether oxygens (including phenoxy) is 2. The summed E-state index contributed by atoms with van der Waals surface area (Å²) in [6, 6.07) is 9.77. The van der Waals surface area contributed by atoms with Gasteiger partial charge in [-0.05, 0) is 17.9 Å². The molecule has 0 heterocycles. The molecule has 1 saturated carbocycles. The van der Waals surface area contributed by atoms with Crippen LogP contribution in [0.3, 0.4) is 0 Å². The lowest BCUT2D eigenvalue weighted by Gasteiger charge is -2.11. The van der Waals surface area contributed by atoms with Crippen LogP contribution in [0.1, 0.15) is 24.8 Å². The molecule has 0 radical (unpaired) electrons. The van der Waals surface area contributed by atoms with E-state index in [4.69, 9.17) is 9.47 Å². The van der Waals surface area contributed by atoms with Crippen LogP contribution < -0.4 is 0 Å². The van der Waals surface area contributed by atoms with E-state index >= 15 is 0 Å². The summed E-state index contributed by atoms with van der Waals surface area (Å²) in [4.78, 5) is 0. The van der Waals surface area contributed by atoms with Crippen LogP contribution in [0.4, 0.5) is 8.78 Å². The largest absolute Gasteiger partial charge is 0.355 e. The van der Waals surface area contributed by atoms with Crippen molar-refractivity contribution < 1.29 is 18.3 Å². The summed E-state index contributed by atoms with van der Waals surface area (Å²) in [5.74, 6) is -2.51. The molecule has 1 atom stereocenters. The first-order valence-electron chi connectivity index (χ1n) is 6.23. The van der Waals surface area contributed by atoms with E-state index < -0.39 is 5.92 Å². The Labute approximate surface area is 106 Å². The molecule has 0 spiro atoms. The predicted molar refractivity (Wildman–Crippen MR) is 64.3 cm³/mol. The third-order valence-corrected chi connectivity index (χ3v) is 3.14. The normalized spacial score (nSPS) is 22.2. The summed E-state index contributed by atoms with van der Waals surface area (Å²) in [6.07, 6.45) is 0.489. The average Bonchev–Trinajstić information content (AvgIpc) is 2.70. The molecular weight excluding hydrogens is 238 g/mol. The van der Waals surface area contributed by atoms with E-state index in [1.807, 2.05) is 30.3 Å². The van der Waals surface area contributed by atoms with Crippen molar-refractivity contribution in [2.45, 2.75) is 31.8 Å². The fourth-order valence-electron chi connectivity index (χ4n) is 2.19. The van der Waals surface area contributed by atoms with Crippen molar-refractivity contribution in [2.75, 3.05) is 13.4 Å². The minimum absolute atomic E-state index is 0.00804. The van der Waals surface area contributed by atoms with Crippen molar-refractivity contribution in [3.8, 4) is 0 Å². The summed E-state index contributed by atoms with van der Waals surface area (Å²) in [5.41, 5.74) is 1.08. The van der Waals surface area contributed by atoms with E-state index in [9.17, 15) is 8.78 Å². The van der Waals surface area contributed by atoms with Gasteiger partial charge in [0.25, 0.3) is 0 Å². The van der Waals surface area contributed by atoms with Gasteiger partial charge in [0.2, 0.25) is 5.92 Å². The highest BCUT2D eigenvalue weighted by molar-refractivity contribution is 5.13. The number of rotatable bonds is 6. The van der Waals surface area contributed by atoms with Gasteiger partial charge in [0, 0.05) is 12.8 Å². The highest BCUT2D eigenvalue weighted by Crippen LogP contribution is 2.38.